The monoisotopic (exact) mass is 484 g/mol. The van der Waals surface area contributed by atoms with Gasteiger partial charge in [0, 0.05) is 41.9 Å². The summed E-state index contributed by atoms with van der Waals surface area (Å²) in [5, 5.41) is 0. The van der Waals surface area contributed by atoms with Crippen molar-refractivity contribution < 1.29 is 19.1 Å². The number of pyridine rings is 2. The van der Waals surface area contributed by atoms with Crippen LogP contribution >= 0.6 is 0 Å². The van der Waals surface area contributed by atoms with Gasteiger partial charge in [-0.1, -0.05) is 30.3 Å². The van der Waals surface area contributed by atoms with Crippen molar-refractivity contribution >= 4 is 17.6 Å². The molecule has 9 heteroatoms. The van der Waals surface area contributed by atoms with Crippen LogP contribution in [0.4, 0.5) is 5.69 Å². The Morgan fingerprint density at radius 1 is 1.25 bits per heavy atom. The van der Waals surface area contributed by atoms with Crippen molar-refractivity contribution in [1.29, 1.82) is 0 Å². The van der Waals surface area contributed by atoms with Gasteiger partial charge in [0.25, 0.3) is 5.56 Å². The number of esters is 1. The molecule has 4 heterocycles. The van der Waals surface area contributed by atoms with Crippen LogP contribution in [0.3, 0.4) is 0 Å². The molecule has 2 aromatic heterocycles. The molecule has 36 heavy (non-hydrogen) atoms. The Morgan fingerprint density at radius 2 is 2.03 bits per heavy atom. The standard InChI is InChI=1S/C27H24N4O5/c1-4-12-30-19-10-6-5-9-18(19)27(26(30)34)21-20(36-23(28)22(27)25(33)35-3)13-16(2)31(24(21)32)15-17-8-7-11-29-14-17/h4-11,13-14H,1,12,15,28H2,2-3H3. The van der Waals surface area contributed by atoms with E-state index in [0.29, 0.717) is 16.9 Å². The minimum absolute atomic E-state index is 0.00982. The lowest BCUT2D eigenvalue weighted by atomic mass is 9.68. The molecule has 0 radical (unpaired) electrons. The molecule has 0 bridgehead atoms. The van der Waals surface area contributed by atoms with E-state index in [1.54, 1.807) is 61.8 Å². The lowest BCUT2D eigenvalue weighted by molar-refractivity contribution is -0.138. The zero-order chi connectivity index (χ0) is 25.6. The first-order valence-corrected chi connectivity index (χ1v) is 11.3. The number of methoxy groups -OCH3 is 1. The molecule has 1 unspecified atom stereocenters. The predicted molar refractivity (Wildman–Crippen MR) is 132 cm³/mol. The number of hydrogen-bond acceptors (Lipinski definition) is 7. The normalized spacial score (nSPS) is 18.1. The Bertz CT molecular complexity index is 1510. The number of hydrogen-bond donors (Lipinski definition) is 1. The fourth-order valence-electron chi connectivity index (χ4n) is 5.12. The largest absolute Gasteiger partial charge is 0.465 e. The van der Waals surface area contributed by atoms with E-state index < -0.39 is 22.9 Å². The van der Waals surface area contributed by atoms with Crippen molar-refractivity contribution in [1.82, 2.24) is 9.55 Å². The molecule has 182 valence electrons. The molecular weight excluding hydrogens is 460 g/mol. The summed E-state index contributed by atoms with van der Waals surface area (Å²) < 4.78 is 12.4. The van der Waals surface area contributed by atoms with Crippen LogP contribution < -0.4 is 20.9 Å². The zero-order valence-corrected chi connectivity index (χ0v) is 19.9. The Morgan fingerprint density at radius 3 is 2.72 bits per heavy atom. The summed E-state index contributed by atoms with van der Waals surface area (Å²) in [5.41, 5.74) is 6.10. The number of ether oxygens (including phenoxy) is 2. The van der Waals surface area contributed by atoms with Gasteiger partial charge in [-0.25, -0.2) is 4.79 Å². The van der Waals surface area contributed by atoms with Crippen LogP contribution in [0, 0.1) is 6.92 Å². The van der Waals surface area contributed by atoms with E-state index in [1.807, 2.05) is 6.07 Å². The molecule has 9 nitrogen and oxygen atoms in total. The Balaban J connectivity index is 1.88. The SMILES string of the molecule is C=CCN1C(=O)C2(C(C(=O)OC)=C(N)Oc3cc(C)n(Cc4cccnc4)c(=O)c32)c2ccccc21. The lowest BCUT2D eigenvalue weighted by Crippen LogP contribution is -2.52. The molecule has 5 rings (SSSR count). The molecule has 0 saturated heterocycles. The second kappa shape index (κ2) is 8.53. The van der Waals surface area contributed by atoms with Crippen LogP contribution in [-0.4, -0.2) is 35.1 Å². The molecule has 2 aliphatic rings. The van der Waals surface area contributed by atoms with Gasteiger partial charge in [-0.3, -0.25) is 14.6 Å². The third-order valence-electron chi connectivity index (χ3n) is 6.62. The number of amides is 1. The van der Waals surface area contributed by atoms with Crippen LogP contribution in [0.5, 0.6) is 5.75 Å². The zero-order valence-electron chi connectivity index (χ0n) is 19.9. The van der Waals surface area contributed by atoms with Gasteiger partial charge in [-0.15, -0.1) is 6.58 Å². The van der Waals surface area contributed by atoms with Gasteiger partial charge in [0.05, 0.1) is 19.2 Å². The maximum Gasteiger partial charge on any atom is 0.340 e. The van der Waals surface area contributed by atoms with Crippen molar-refractivity contribution in [2.45, 2.75) is 18.9 Å². The second-order valence-corrected chi connectivity index (χ2v) is 8.58. The first-order valence-electron chi connectivity index (χ1n) is 11.3. The summed E-state index contributed by atoms with van der Waals surface area (Å²) in [5.74, 6) is -1.54. The molecule has 0 aliphatic carbocycles. The van der Waals surface area contributed by atoms with Crippen molar-refractivity contribution in [2.75, 3.05) is 18.6 Å². The minimum atomic E-state index is -1.86. The highest BCUT2D eigenvalue weighted by Crippen LogP contribution is 2.54. The van der Waals surface area contributed by atoms with Gasteiger partial charge in [0.15, 0.2) is 0 Å². The Labute approximate surface area is 207 Å². The highest BCUT2D eigenvalue weighted by Gasteiger charge is 2.62. The van der Waals surface area contributed by atoms with Crippen LogP contribution in [0.15, 0.2) is 83.8 Å². The molecule has 0 fully saturated rings. The van der Waals surface area contributed by atoms with Crippen molar-refractivity contribution in [3.05, 3.63) is 112 Å². The first kappa shape index (κ1) is 23.1. The molecule has 1 amide bonds. The number of fused-ring (bicyclic) bond motifs is 4. The maximum atomic E-state index is 14.3. The topological polar surface area (TPSA) is 117 Å². The Hall–Kier alpha value is -4.66. The van der Waals surface area contributed by atoms with Crippen LogP contribution in [0.25, 0.3) is 0 Å². The number of nitrogens with two attached hydrogens (primary N) is 1. The number of nitrogens with zero attached hydrogens (tertiary/aromatic N) is 3. The van der Waals surface area contributed by atoms with Crippen molar-refractivity contribution in [3.63, 3.8) is 0 Å². The number of para-hydroxylation sites is 1. The van der Waals surface area contributed by atoms with Gasteiger partial charge in [0.2, 0.25) is 11.8 Å². The summed E-state index contributed by atoms with van der Waals surface area (Å²) in [7, 11) is 1.19. The molecular formula is C27H24N4O5. The third-order valence-corrected chi connectivity index (χ3v) is 6.62. The highest BCUT2D eigenvalue weighted by atomic mass is 16.5. The summed E-state index contributed by atoms with van der Waals surface area (Å²) in [6.45, 7) is 5.90. The quantitative estimate of drug-likeness (QED) is 0.436. The number of carbonyl (C=O) groups is 2. The molecule has 1 atom stereocenters. The van der Waals surface area contributed by atoms with E-state index in [9.17, 15) is 14.4 Å². The summed E-state index contributed by atoms with van der Waals surface area (Å²) in [6.07, 6.45) is 4.89. The second-order valence-electron chi connectivity index (χ2n) is 8.58. The smallest absolute Gasteiger partial charge is 0.340 e. The maximum absolute atomic E-state index is 14.3. The molecule has 0 saturated carbocycles. The fourth-order valence-corrected chi connectivity index (χ4v) is 5.12. The van der Waals surface area contributed by atoms with Crippen LogP contribution in [-0.2, 0) is 26.3 Å². The van der Waals surface area contributed by atoms with Crippen LogP contribution in [0.2, 0.25) is 0 Å². The van der Waals surface area contributed by atoms with E-state index in [-0.39, 0.29) is 35.9 Å². The molecule has 1 aromatic carbocycles. The number of rotatable bonds is 5. The molecule has 2 aliphatic heterocycles. The highest BCUT2D eigenvalue weighted by molar-refractivity contribution is 6.18. The van der Waals surface area contributed by atoms with E-state index in [0.717, 1.165) is 5.56 Å². The van der Waals surface area contributed by atoms with Crippen LogP contribution in [0.1, 0.15) is 22.4 Å². The molecule has 1 spiro atoms. The fraction of sp³-hybridized carbons (Fsp3) is 0.185. The van der Waals surface area contributed by atoms with Gasteiger partial charge < -0.3 is 24.7 Å². The van der Waals surface area contributed by atoms with E-state index in [1.165, 1.54) is 16.6 Å². The number of carbonyl (C=O) groups excluding carboxylic acids is 2. The molecule has 2 N–H and O–H groups in total. The minimum Gasteiger partial charge on any atom is -0.465 e. The number of anilines is 1. The average Bonchev–Trinajstić information content (AvgIpc) is 3.10. The molecule has 3 aromatic rings. The average molecular weight is 485 g/mol. The summed E-state index contributed by atoms with van der Waals surface area (Å²) in [4.78, 5) is 47.4. The number of aryl methyl sites for hydroxylation is 1. The van der Waals surface area contributed by atoms with Crippen molar-refractivity contribution in [3.8, 4) is 5.75 Å². The van der Waals surface area contributed by atoms with E-state index in [4.69, 9.17) is 15.2 Å². The predicted octanol–water partition coefficient (Wildman–Crippen LogP) is 2.15. The number of benzene rings is 1. The van der Waals surface area contributed by atoms with Gasteiger partial charge >= 0.3 is 5.97 Å². The van der Waals surface area contributed by atoms with Crippen molar-refractivity contribution in [2.24, 2.45) is 5.73 Å². The van der Waals surface area contributed by atoms with Gasteiger partial charge in [-0.2, -0.15) is 0 Å². The van der Waals surface area contributed by atoms with Gasteiger partial charge in [0.1, 0.15) is 16.7 Å². The van der Waals surface area contributed by atoms with E-state index in [2.05, 4.69) is 11.6 Å². The number of aromatic nitrogens is 2. The van der Waals surface area contributed by atoms with Gasteiger partial charge in [-0.05, 0) is 24.6 Å². The Kier molecular flexibility index (Phi) is 5.47. The summed E-state index contributed by atoms with van der Waals surface area (Å²) >= 11 is 0. The first-order chi connectivity index (χ1) is 17.4. The summed E-state index contributed by atoms with van der Waals surface area (Å²) in [6, 6.07) is 12.3. The third kappa shape index (κ3) is 3.09. The van der Waals surface area contributed by atoms with E-state index >= 15 is 0 Å². The lowest BCUT2D eigenvalue weighted by Gasteiger charge is -2.35.